The average molecular weight is 329 g/mol. The summed E-state index contributed by atoms with van der Waals surface area (Å²) in [7, 11) is 0. The number of hydrogen-bond donors (Lipinski definition) is 1. The SMILES string of the molecule is O=c1[nH]c(SCCn2nc3ccccn3c2=O)nc2c1CCC2. The second-order valence-electron chi connectivity index (χ2n) is 5.43. The minimum atomic E-state index is -0.156. The molecule has 1 aliphatic carbocycles. The first kappa shape index (κ1) is 14.3. The number of hydrogen-bond acceptors (Lipinski definition) is 5. The molecule has 0 saturated carbocycles. The fraction of sp³-hybridized carbons (Fsp3) is 0.333. The molecule has 118 valence electrons. The third-order valence-electron chi connectivity index (χ3n) is 3.95. The fourth-order valence-corrected chi connectivity index (χ4v) is 3.63. The molecule has 0 amide bonds. The molecule has 0 aromatic carbocycles. The van der Waals surface area contributed by atoms with Gasteiger partial charge in [-0.2, -0.15) is 0 Å². The van der Waals surface area contributed by atoms with Gasteiger partial charge in [0.2, 0.25) is 0 Å². The van der Waals surface area contributed by atoms with E-state index in [0.29, 0.717) is 23.1 Å². The first-order chi connectivity index (χ1) is 11.2. The standard InChI is InChI=1S/C15H15N5O2S/c21-13-10-4-3-5-11(10)16-14(17-13)23-9-8-20-15(22)19-7-2-1-6-12(19)18-20/h1-2,6-7H,3-5,8-9H2,(H,16,17,21). The average Bonchev–Trinajstić information content (AvgIpc) is 3.14. The van der Waals surface area contributed by atoms with Crippen LogP contribution in [-0.2, 0) is 19.4 Å². The molecule has 0 bridgehead atoms. The highest BCUT2D eigenvalue weighted by atomic mass is 32.2. The van der Waals surface area contributed by atoms with Crippen molar-refractivity contribution in [3.8, 4) is 0 Å². The summed E-state index contributed by atoms with van der Waals surface area (Å²) < 4.78 is 2.95. The van der Waals surface area contributed by atoms with Gasteiger partial charge in [-0.3, -0.25) is 9.20 Å². The van der Waals surface area contributed by atoms with Crippen molar-refractivity contribution in [1.29, 1.82) is 0 Å². The number of fused-ring (bicyclic) bond motifs is 2. The van der Waals surface area contributed by atoms with Crippen molar-refractivity contribution in [2.75, 3.05) is 5.75 Å². The second-order valence-corrected chi connectivity index (χ2v) is 6.52. The molecule has 0 spiro atoms. The molecule has 3 aromatic heterocycles. The third kappa shape index (κ3) is 2.59. The number of pyridine rings is 1. The van der Waals surface area contributed by atoms with Crippen molar-refractivity contribution >= 4 is 17.4 Å². The minimum absolute atomic E-state index is 0.0279. The maximum atomic E-state index is 12.2. The summed E-state index contributed by atoms with van der Waals surface area (Å²) >= 11 is 1.44. The Bertz CT molecular complexity index is 987. The van der Waals surface area contributed by atoms with E-state index in [4.69, 9.17) is 0 Å². The smallest absolute Gasteiger partial charge is 0.301 e. The Kier molecular flexibility index (Phi) is 3.53. The Morgan fingerprint density at radius 2 is 2.17 bits per heavy atom. The van der Waals surface area contributed by atoms with Crippen LogP contribution < -0.4 is 11.2 Å². The summed E-state index contributed by atoms with van der Waals surface area (Å²) in [4.78, 5) is 31.4. The molecule has 0 fully saturated rings. The number of aromatic amines is 1. The number of aryl methyl sites for hydroxylation is 2. The lowest BCUT2D eigenvalue weighted by Crippen LogP contribution is -2.22. The zero-order valence-corrected chi connectivity index (χ0v) is 13.2. The van der Waals surface area contributed by atoms with E-state index in [0.717, 1.165) is 30.5 Å². The van der Waals surface area contributed by atoms with Crippen molar-refractivity contribution in [3.63, 3.8) is 0 Å². The molecule has 3 heterocycles. The van der Waals surface area contributed by atoms with E-state index in [-0.39, 0.29) is 11.2 Å². The van der Waals surface area contributed by atoms with Crippen molar-refractivity contribution in [2.45, 2.75) is 31.0 Å². The van der Waals surface area contributed by atoms with Crippen LogP contribution in [0.5, 0.6) is 0 Å². The van der Waals surface area contributed by atoms with Gasteiger partial charge in [-0.05, 0) is 31.4 Å². The van der Waals surface area contributed by atoms with E-state index >= 15 is 0 Å². The normalized spacial score (nSPS) is 13.6. The molecular formula is C15H15N5O2S. The molecule has 0 aliphatic heterocycles. The quantitative estimate of drug-likeness (QED) is 0.567. The van der Waals surface area contributed by atoms with E-state index in [1.54, 1.807) is 18.3 Å². The fourth-order valence-electron chi connectivity index (χ4n) is 2.83. The van der Waals surface area contributed by atoms with Crippen LogP contribution in [0.15, 0.2) is 39.1 Å². The Morgan fingerprint density at radius 1 is 1.26 bits per heavy atom. The first-order valence-electron chi connectivity index (χ1n) is 7.51. The van der Waals surface area contributed by atoms with Gasteiger partial charge in [0.25, 0.3) is 5.56 Å². The minimum Gasteiger partial charge on any atom is -0.301 e. The van der Waals surface area contributed by atoms with Crippen LogP contribution in [0.4, 0.5) is 0 Å². The van der Waals surface area contributed by atoms with Crippen molar-refractivity contribution in [2.24, 2.45) is 0 Å². The maximum Gasteiger partial charge on any atom is 0.350 e. The van der Waals surface area contributed by atoms with Crippen LogP contribution in [0.1, 0.15) is 17.7 Å². The van der Waals surface area contributed by atoms with Gasteiger partial charge in [0.1, 0.15) is 0 Å². The van der Waals surface area contributed by atoms with E-state index in [2.05, 4.69) is 15.1 Å². The van der Waals surface area contributed by atoms with E-state index in [1.165, 1.54) is 20.8 Å². The lowest BCUT2D eigenvalue weighted by Gasteiger charge is -2.03. The van der Waals surface area contributed by atoms with Crippen LogP contribution in [0.25, 0.3) is 5.65 Å². The number of aromatic nitrogens is 5. The number of nitrogens with one attached hydrogen (secondary N) is 1. The zero-order chi connectivity index (χ0) is 15.8. The molecule has 0 unspecified atom stereocenters. The number of rotatable bonds is 4. The van der Waals surface area contributed by atoms with E-state index in [1.807, 2.05) is 6.07 Å². The molecule has 1 N–H and O–H groups in total. The maximum absolute atomic E-state index is 12.2. The Morgan fingerprint density at radius 3 is 3.04 bits per heavy atom. The highest BCUT2D eigenvalue weighted by Crippen LogP contribution is 2.19. The van der Waals surface area contributed by atoms with Crippen LogP contribution in [0, 0.1) is 0 Å². The summed E-state index contributed by atoms with van der Waals surface area (Å²) in [5.74, 6) is 0.617. The molecule has 0 atom stereocenters. The predicted molar refractivity (Wildman–Crippen MR) is 87.1 cm³/mol. The Balaban J connectivity index is 1.49. The van der Waals surface area contributed by atoms with Gasteiger partial charge in [-0.15, -0.1) is 5.10 Å². The largest absolute Gasteiger partial charge is 0.350 e. The summed E-state index contributed by atoms with van der Waals surface area (Å²) in [5.41, 5.74) is 2.19. The highest BCUT2D eigenvalue weighted by Gasteiger charge is 2.17. The predicted octanol–water partition coefficient (Wildman–Crippen LogP) is 0.860. The lowest BCUT2D eigenvalue weighted by molar-refractivity contribution is 0.639. The molecule has 3 aromatic rings. The van der Waals surface area contributed by atoms with Crippen LogP contribution in [-0.4, -0.2) is 29.9 Å². The van der Waals surface area contributed by atoms with Gasteiger partial charge in [0.05, 0.1) is 12.2 Å². The summed E-state index contributed by atoms with van der Waals surface area (Å²) in [6, 6.07) is 5.44. The van der Waals surface area contributed by atoms with Crippen molar-refractivity contribution < 1.29 is 0 Å². The second kappa shape index (κ2) is 5.69. The molecule has 4 rings (SSSR count). The molecule has 0 saturated heterocycles. The zero-order valence-electron chi connectivity index (χ0n) is 12.4. The number of thioether (sulfide) groups is 1. The molecule has 23 heavy (non-hydrogen) atoms. The number of nitrogens with zero attached hydrogens (tertiary/aromatic N) is 4. The van der Waals surface area contributed by atoms with Crippen LogP contribution >= 0.6 is 11.8 Å². The van der Waals surface area contributed by atoms with Crippen LogP contribution in [0.2, 0.25) is 0 Å². The lowest BCUT2D eigenvalue weighted by atomic mass is 10.3. The summed E-state index contributed by atoms with van der Waals surface area (Å²) in [5, 5.41) is 4.90. The van der Waals surface area contributed by atoms with Gasteiger partial charge >= 0.3 is 5.69 Å². The van der Waals surface area contributed by atoms with Gasteiger partial charge in [-0.1, -0.05) is 17.8 Å². The number of H-pyrrole nitrogens is 1. The van der Waals surface area contributed by atoms with E-state index in [9.17, 15) is 9.59 Å². The van der Waals surface area contributed by atoms with Crippen molar-refractivity contribution in [3.05, 3.63) is 56.5 Å². The van der Waals surface area contributed by atoms with Gasteiger partial charge in [0.15, 0.2) is 10.8 Å². The Labute approximate surface area is 135 Å². The Hall–Kier alpha value is -2.35. The molecule has 7 nitrogen and oxygen atoms in total. The van der Waals surface area contributed by atoms with Gasteiger partial charge < -0.3 is 4.98 Å². The van der Waals surface area contributed by atoms with Gasteiger partial charge in [-0.25, -0.2) is 14.5 Å². The summed E-state index contributed by atoms with van der Waals surface area (Å²) in [6.45, 7) is 0.464. The molecule has 8 heteroatoms. The van der Waals surface area contributed by atoms with Crippen LogP contribution in [0.3, 0.4) is 0 Å². The van der Waals surface area contributed by atoms with E-state index < -0.39 is 0 Å². The monoisotopic (exact) mass is 329 g/mol. The summed E-state index contributed by atoms with van der Waals surface area (Å²) in [6.07, 6.45) is 4.39. The molecule has 1 aliphatic rings. The van der Waals surface area contributed by atoms with Gasteiger partial charge in [0, 0.05) is 17.5 Å². The first-order valence-corrected chi connectivity index (χ1v) is 8.50. The highest BCUT2D eigenvalue weighted by molar-refractivity contribution is 7.99. The third-order valence-corrected chi connectivity index (χ3v) is 4.80. The molecular weight excluding hydrogens is 314 g/mol. The topological polar surface area (TPSA) is 85.0 Å². The van der Waals surface area contributed by atoms with Crippen molar-refractivity contribution in [1.82, 2.24) is 24.1 Å². The molecule has 0 radical (unpaired) electrons.